The number of hydrogen-bond acceptors (Lipinski definition) is 7. The monoisotopic (exact) mass is 689 g/mol. The topological polar surface area (TPSA) is 181 Å². The lowest BCUT2D eigenvalue weighted by atomic mass is 9.89. The van der Waals surface area contributed by atoms with Gasteiger partial charge in [0.05, 0.1) is 17.3 Å². The Bertz CT molecular complexity index is 2040. The molecule has 1 fully saturated rings. The minimum absolute atomic E-state index is 0.0614. The van der Waals surface area contributed by atoms with E-state index in [2.05, 4.69) is 15.6 Å². The van der Waals surface area contributed by atoms with Gasteiger partial charge in [0.1, 0.15) is 5.75 Å². The molecule has 0 spiro atoms. The number of carbonyl (C=O) groups excluding carboxylic acids is 1. The Morgan fingerprint density at radius 1 is 0.902 bits per heavy atom. The molecule has 51 heavy (non-hydrogen) atoms. The smallest absolute Gasteiger partial charge is 0.412 e. The second-order valence-electron chi connectivity index (χ2n) is 13.1. The summed E-state index contributed by atoms with van der Waals surface area (Å²) in [6, 6.07) is 28.9. The van der Waals surface area contributed by atoms with E-state index in [1.54, 1.807) is 12.1 Å². The molecular formula is C40H43N5O6. The molecule has 0 bridgehead atoms. The molecule has 11 nitrogen and oxygen atoms in total. The van der Waals surface area contributed by atoms with Crippen LogP contribution in [0.3, 0.4) is 0 Å². The van der Waals surface area contributed by atoms with Gasteiger partial charge < -0.3 is 36.7 Å². The van der Waals surface area contributed by atoms with E-state index in [1.807, 2.05) is 72.8 Å². The summed E-state index contributed by atoms with van der Waals surface area (Å²) in [5.41, 5.74) is 11.5. The first-order chi connectivity index (χ1) is 24.7. The standard InChI is InChI=1S/C40H43N5O6/c41-28-10-14-30(15-11-28)45(40(50)51)34-22-25(8-16-31(34)27-4-2-1-3-5-27)9-20-37(48)43-29-12-6-26(7-13-29)23-42-24-36(47)32-17-19-35(46)39-33(32)18-21-38(49)44-39/h1-8,12-13,16-19,21-22,28,30,36,42,46-47H,9-11,14-15,20,23-24,41H2,(H,43,48)(H,44,49)(H,50,51)/t28-,30-,36-/m0/s1. The Balaban J connectivity index is 1.05. The lowest BCUT2D eigenvalue weighted by Gasteiger charge is -2.35. The van der Waals surface area contributed by atoms with Crippen molar-refractivity contribution in [3.8, 4) is 16.9 Å². The number of pyridine rings is 1. The van der Waals surface area contributed by atoms with Gasteiger partial charge in [-0.15, -0.1) is 0 Å². The quantitative estimate of drug-likeness (QED) is 0.0827. The largest absolute Gasteiger partial charge is 0.506 e. The average Bonchev–Trinajstić information content (AvgIpc) is 3.13. The highest BCUT2D eigenvalue weighted by Gasteiger charge is 2.30. The van der Waals surface area contributed by atoms with Crippen molar-refractivity contribution in [1.29, 1.82) is 0 Å². The average molecular weight is 690 g/mol. The van der Waals surface area contributed by atoms with Crippen molar-refractivity contribution in [2.24, 2.45) is 5.73 Å². The first-order valence-corrected chi connectivity index (χ1v) is 17.2. The highest BCUT2D eigenvalue weighted by molar-refractivity contribution is 5.94. The highest BCUT2D eigenvalue weighted by Crippen LogP contribution is 2.36. The van der Waals surface area contributed by atoms with E-state index in [9.17, 15) is 29.7 Å². The first kappa shape index (κ1) is 35.3. The normalized spacial score (nSPS) is 16.4. The number of amides is 2. The van der Waals surface area contributed by atoms with E-state index in [1.165, 1.54) is 17.0 Å². The molecule has 0 radical (unpaired) electrons. The Labute approximate surface area is 295 Å². The van der Waals surface area contributed by atoms with Crippen LogP contribution in [0.25, 0.3) is 22.0 Å². The molecule has 0 unspecified atom stereocenters. The first-order valence-electron chi connectivity index (χ1n) is 17.2. The van der Waals surface area contributed by atoms with E-state index >= 15 is 0 Å². The number of aliphatic hydroxyl groups excluding tert-OH is 1. The number of benzene rings is 4. The van der Waals surface area contributed by atoms with Crippen LogP contribution in [-0.4, -0.2) is 50.9 Å². The summed E-state index contributed by atoms with van der Waals surface area (Å²) in [6.07, 6.45) is 1.74. The number of aromatic nitrogens is 1. The number of aromatic hydroxyl groups is 1. The second-order valence-corrected chi connectivity index (χ2v) is 13.1. The van der Waals surface area contributed by atoms with Crippen molar-refractivity contribution in [3.05, 3.63) is 124 Å². The SMILES string of the molecule is N[C@H]1CC[C@H](N(C(=O)O)c2cc(CCC(=O)Nc3ccc(CNC[C@H](O)c4ccc(O)c5[nH]c(=O)ccc45)cc3)ccc2-c2ccccc2)CC1. The molecule has 1 saturated carbocycles. The minimum Gasteiger partial charge on any atom is -0.506 e. The van der Waals surface area contributed by atoms with Crippen molar-refractivity contribution >= 4 is 34.3 Å². The Kier molecular flexibility index (Phi) is 11.1. The van der Waals surface area contributed by atoms with Crippen molar-refractivity contribution < 1.29 is 24.9 Å². The maximum atomic E-state index is 13.0. The van der Waals surface area contributed by atoms with Gasteiger partial charge in [0, 0.05) is 54.3 Å². The molecule has 1 aliphatic carbocycles. The van der Waals surface area contributed by atoms with Gasteiger partial charge in [-0.2, -0.15) is 0 Å². The van der Waals surface area contributed by atoms with E-state index in [-0.39, 0.29) is 47.8 Å². The number of rotatable bonds is 12. The molecule has 1 atom stereocenters. The van der Waals surface area contributed by atoms with Crippen LogP contribution in [0.5, 0.6) is 5.75 Å². The molecule has 264 valence electrons. The zero-order valence-electron chi connectivity index (χ0n) is 28.2. The van der Waals surface area contributed by atoms with Gasteiger partial charge >= 0.3 is 6.09 Å². The maximum absolute atomic E-state index is 13.0. The molecule has 11 heteroatoms. The summed E-state index contributed by atoms with van der Waals surface area (Å²) < 4.78 is 0. The zero-order chi connectivity index (χ0) is 35.9. The van der Waals surface area contributed by atoms with Crippen LogP contribution in [-0.2, 0) is 17.8 Å². The third-order valence-electron chi connectivity index (χ3n) is 9.53. The second kappa shape index (κ2) is 16.0. The van der Waals surface area contributed by atoms with Gasteiger partial charge in [-0.05, 0) is 84.7 Å². The summed E-state index contributed by atoms with van der Waals surface area (Å²) in [5.74, 6) is -0.217. The minimum atomic E-state index is -0.998. The van der Waals surface area contributed by atoms with Crippen LogP contribution in [0.15, 0.2) is 102 Å². The van der Waals surface area contributed by atoms with Crippen LogP contribution in [0.4, 0.5) is 16.2 Å². The van der Waals surface area contributed by atoms with Crippen LogP contribution in [0, 0.1) is 0 Å². The van der Waals surface area contributed by atoms with Crippen molar-refractivity contribution in [3.63, 3.8) is 0 Å². The van der Waals surface area contributed by atoms with Crippen LogP contribution >= 0.6 is 0 Å². The molecule has 1 aliphatic rings. The fourth-order valence-electron chi connectivity index (χ4n) is 6.81. The van der Waals surface area contributed by atoms with E-state index in [4.69, 9.17) is 5.73 Å². The number of fused-ring (bicyclic) bond motifs is 1. The molecule has 8 N–H and O–H groups in total. The molecule has 2 amide bonds. The zero-order valence-corrected chi connectivity index (χ0v) is 28.2. The predicted molar refractivity (Wildman–Crippen MR) is 199 cm³/mol. The number of phenolic OH excluding ortho intramolecular Hbond substituents is 1. The number of carbonyl (C=O) groups is 2. The summed E-state index contributed by atoms with van der Waals surface area (Å²) in [7, 11) is 0. The Morgan fingerprint density at radius 2 is 1.63 bits per heavy atom. The number of nitrogens with one attached hydrogen (secondary N) is 3. The van der Waals surface area contributed by atoms with Crippen LogP contribution in [0.2, 0.25) is 0 Å². The number of phenols is 1. The molecule has 1 aromatic heterocycles. The summed E-state index contributed by atoms with van der Waals surface area (Å²) in [4.78, 5) is 41.4. The van der Waals surface area contributed by atoms with E-state index in [0.29, 0.717) is 48.1 Å². The van der Waals surface area contributed by atoms with Gasteiger partial charge in [0.15, 0.2) is 0 Å². The fourth-order valence-corrected chi connectivity index (χ4v) is 6.81. The summed E-state index contributed by atoms with van der Waals surface area (Å²) in [5, 5.41) is 38.0. The van der Waals surface area contributed by atoms with Crippen LogP contribution in [0.1, 0.15) is 54.9 Å². The lowest BCUT2D eigenvalue weighted by molar-refractivity contribution is -0.116. The number of anilines is 2. The third kappa shape index (κ3) is 8.64. The van der Waals surface area contributed by atoms with Gasteiger partial charge in [-0.3, -0.25) is 14.5 Å². The molecule has 0 aliphatic heterocycles. The van der Waals surface area contributed by atoms with Gasteiger partial charge in [-0.1, -0.05) is 60.7 Å². The van der Waals surface area contributed by atoms with E-state index < -0.39 is 12.2 Å². The Morgan fingerprint density at radius 3 is 2.35 bits per heavy atom. The number of aryl methyl sites for hydroxylation is 1. The molecule has 5 aromatic rings. The van der Waals surface area contributed by atoms with Gasteiger partial charge in [-0.25, -0.2) is 4.79 Å². The molecule has 1 heterocycles. The van der Waals surface area contributed by atoms with E-state index in [0.717, 1.165) is 35.1 Å². The van der Waals surface area contributed by atoms with Gasteiger partial charge in [0.2, 0.25) is 11.5 Å². The lowest BCUT2D eigenvalue weighted by Crippen LogP contribution is -2.44. The number of carboxylic acid groups (broad SMARTS) is 1. The Hall–Kier alpha value is -5.49. The number of hydrogen-bond donors (Lipinski definition) is 7. The number of H-pyrrole nitrogens is 1. The number of nitrogens with zero attached hydrogens (tertiary/aromatic N) is 1. The van der Waals surface area contributed by atoms with Crippen molar-refractivity contribution in [1.82, 2.24) is 10.3 Å². The number of nitrogens with two attached hydrogens (primary N) is 1. The predicted octanol–water partition coefficient (Wildman–Crippen LogP) is 6.05. The van der Waals surface area contributed by atoms with Crippen molar-refractivity contribution in [2.45, 2.75) is 63.3 Å². The number of aromatic amines is 1. The highest BCUT2D eigenvalue weighted by atomic mass is 16.4. The maximum Gasteiger partial charge on any atom is 0.412 e. The summed E-state index contributed by atoms with van der Waals surface area (Å²) >= 11 is 0. The van der Waals surface area contributed by atoms with Gasteiger partial charge in [0.25, 0.3) is 0 Å². The van der Waals surface area contributed by atoms with Crippen LogP contribution < -0.4 is 26.8 Å². The summed E-state index contributed by atoms with van der Waals surface area (Å²) in [6.45, 7) is 0.713. The fraction of sp³-hybridized carbons (Fsp3) is 0.275. The molecular weight excluding hydrogens is 646 g/mol. The number of aliphatic hydroxyl groups is 1. The third-order valence-corrected chi connectivity index (χ3v) is 9.53. The van der Waals surface area contributed by atoms with Crippen molar-refractivity contribution in [2.75, 3.05) is 16.8 Å². The molecule has 6 rings (SSSR count). The molecule has 0 saturated heterocycles. The molecule has 4 aromatic carbocycles.